The molecule has 2 saturated carbocycles. The number of aliphatic hydroxyl groups is 1. The first-order valence-corrected chi connectivity index (χ1v) is 14.8. The summed E-state index contributed by atoms with van der Waals surface area (Å²) in [6, 6.07) is 4.88. The van der Waals surface area contributed by atoms with Crippen molar-refractivity contribution in [3.05, 3.63) is 38.3 Å². The van der Waals surface area contributed by atoms with Crippen molar-refractivity contribution in [1.82, 2.24) is 9.78 Å². The number of aliphatic hydroxyl groups excluding tert-OH is 1. The molecule has 2 aliphatic rings. The van der Waals surface area contributed by atoms with E-state index in [-0.39, 0.29) is 33.9 Å². The summed E-state index contributed by atoms with van der Waals surface area (Å²) in [6.07, 6.45) is 6.14. The molecule has 2 fully saturated rings. The average Bonchev–Trinajstić information content (AvgIpc) is 3.30. The van der Waals surface area contributed by atoms with Crippen molar-refractivity contribution in [2.45, 2.75) is 97.4 Å². The van der Waals surface area contributed by atoms with Gasteiger partial charge in [-0.05, 0) is 71.3 Å². The van der Waals surface area contributed by atoms with E-state index < -0.39 is 12.2 Å². The first kappa shape index (κ1) is 29.2. The summed E-state index contributed by atoms with van der Waals surface area (Å²) in [5, 5.41) is 26.1. The molecule has 39 heavy (non-hydrogen) atoms. The molecule has 2 heterocycles. The molecule has 2 aromatic heterocycles. The zero-order chi connectivity index (χ0) is 28.3. The first-order chi connectivity index (χ1) is 18.4. The Bertz CT molecular complexity index is 1270. The number of nitrogens with zero attached hydrogens (tertiary/aromatic N) is 3. The van der Waals surface area contributed by atoms with E-state index in [0.717, 1.165) is 51.4 Å². The summed E-state index contributed by atoms with van der Waals surface area (Å²) in [5.41, 5.74) is 0.175. The molecule has 4 rings (SSSR count). The van der Waals surface area contributed by atoms with Crippen LogP contribution in [0.25, 0.3) is 0 Å². The van der Waals surface area contributed by atoms with Gasteiger partial charge in [-0.1, -0.05) is 31.6 Å². The van der Waals surface area contributed by atoms with E-state index >= 15 is 0 Å². The lowest BCUT2D eigenvalue weighted by atomic mass is 9.81. The Morgan fingerprint density at radius 3 is 2.41 bits per heavy atom. The highest BCUT2D eigenvalue weighted by atomic mass is 32.1. The maximum atomic E-state index is 12.4. The van der Waals surface area contributed by atoms with Crippen LogP contribution >= 0.6 is 11.3 Å². The van der Waals surface area contributed by atoms with Gasteiger partial charge in [-0.2, -0.15) is 0 Å². The SMILES string of the molecule is CC1CCC([C@@H](O)N(c2cc(C#CC(C)(C)C)sc2C(=O)O)C2CCC(Oc3ccc(=O)n(C)n3)CC2)CC1. The summed E-state index contributed by atoms with van der Waals surface area (Å²) in [4.78, 5) is 27.0. The third-order valence-electron chi connectivity index (χ3n) is 7.77. The Balaban J connectivity index is 1.60. The fourth-order valence-corrected chi connectivity index (χ4v) is 6.41. The molecule has 0 amide bonds. The van der Waals surface area contributed by atoms with E-state index in [1.54, 1.807) is 13.1 Å². The van der Waals surface area contributed by atoms with Crippen LogP contribution in [0.1, 0.15) is 93.6 Å². The smallest absolute Gasteiger partial charge is 0.348 e. The van der Waals surface area contributed by atoms with Crippen LogP contribution in [0.4, 0.5) is 5.69 Å². The number of hydrogen-bond acceptors (Lipinski definition) is 7. The zero-order valence-corrected chi connectivity index (χ0v) is 24.5. The molecule has 2 aromatic rings. The van der Waals surface area contributed by atoms with Gasteiger partial charge in [0.2, 0.25) is 5.88 Å². The lowest BCUT2D eigenvalue weighted by Crippen LogP contribution is -2.50. The second-order valence-corrected chi connectivity index (χ2v) is 13.2. The number of aryl methyl sites for hydroxylation is 1. The highest BCUT2D eigenvalue weighted by molar-refractivity contribution is 7.15. The number of rotatable bonds is 7. The number of aromatic carboxylic acids is 1. The summed E-state index contributed by atoms with van der Waals surface area (Å²) >= 11 is 1.18. The lowest BCUT2D eigenvalue weighted by Gasteiger charge is -2.44. The van der Waals surface area contributed by atoms with Crippen molar-refractivity contribution in [1.29, 1.82) is 0 Å². The molecule has 9 heteroatoms. The van der Waals surface area contributed by atoms with E-state index in [1.807, 2.05) is 31.7 Å². The highest BCUT2D eigenvalue weighted by Gasteiger charge is 2.38. The third-order valence-corrected chi connectivity index (χ3v) is 8.80. The number of anilines is 1. The number of aromatic nitrogens is 2. The zero-order valence-electron chi connectivity index (χ0n) is 23.6. The maximum Gasteiger partial charge on any atom is 0.348 e. The Labute approximate surface area is 235 Å². The predicted molar refractivity (Wildman–Crippen MR) is 153 cm³/mol. The second kappa shape index (κ2) is 12.1. The van der Waals surface area contributed by atoms with E-state index in [0.29, 0.717) is 22.4 Å². The molecular weight excluding hydrogens is 514 g/mol. The van der Waals surface area contributed by atoms with Gasteiger partial charge in [0.15, 0.2) is 0 Å². The molecule has 0 spiro atoms. The van der Waals surface area contributed by atoms with Crippen molar-refractivity contribution in [2.75, 3.05) is 4.90 Å². The van der Waals surface area contributed by atoms with Gasteiger partial charge in [-0.25, -0.2) is 9.48 Å². The number of carbonyl (C=O) groups is 1. The molecule has 8 nitrogen and oxygen atoms in total. The fourth-order valence-electron chi connectivity index (χ4n) is 5.56. The normalized spacial score (nSPS) is 24.4. The van der Waals surface area contributed by atoms with Crippen molar-refractivity contribution < 1.29 is 19.7 Å². The van der Waals surface area contributed by atoms with Crippen LogP contribution < -0.4 is 15.2 Å². The molecule has 0 radical (unpaired) electrons. The summed E-state index contributed by atoms with van der Waals surface area (Å²) in [7, 11) is 1.60. The van der Waals surface area contributed by atoms with Crippen LogP contribution in [0.2, 0.25) is 0 Å². The van der Waals surface area contributed by atoms with E-state index in [4.69, 9.17) is 4.74 Å². The minimum atomic E-state index is -0.994. The largest absolute Gasteiger partial charge is 0.477 e. The van der Waals surface area contributed by atoms with Gasteiger partial charge in [0.1, 0.15) is 17.2 Å². The van der Waals surface area contributed by atoms with Gasteiger partial charge in [-0.3, -0.25) is 4.79 Å². The summed E-state index contributed by atoms with van der Waals surface area (Å²) < 4.78 is 7.34. The minimum absolute atomic E-state index is 0.0246. The Kier molecular flexibility index (Phi) is 9.07. The van der Waals surface area contributed by atoms with Crippen LogP contribution in [0.15, 0.2) is 23.0 Å². The third kappa shape index (κ3) is 7.43. The minimum Gasteiger partial charge on any atom is -0.477 e. The number of hydrogen-bond donors (Lipinski definition) is 2. The first-order valence-electron chi connectivity index (χ1n) is 14.0. The molecular formula is C30H41N3O5S. The molecule has 1 atom stereocenters. The Hall–Kier alpha value is -2.83. The fraction of sp³-hybridized carbons (Fsp3) is 0.633. The number of ether oxygens (including phenoxy) is 1. The van der Waals surface area contributed by atoms with Gasteiger partial charge in [0.25, 0.3) is 5.56 Å². The monoisotopic (exact) mass is 555 g/mol. The van der Waals surface area contributed by atoms with E-state index in [9.17, 15) is 19.8 Å². The predicted octanol–water partition coefficient (Wildman–Crippen LogP) is 5.28. The van der Waals surface area contributed by atoms with Gasteiger partial charge in [0.05, 0.1) is 10.6 Å². The van der Waals surface area contributed by atoms with Crippen LogP contribution in [0.5, 0.6) is 5.88 Å². The van der Waals surface area contributed by atoms with Gasteiger partial charge in [0, 0.05) is 36.6 Å². The van der Waals surface area contributed by atoms with Gasteiger partial charge in [-0.15, -0.1) is 16.4 Å². The summed E-state index contributed by atoms with van der Waals surface area (Å²) in [5.74, 6) is 6.55. The average molecular weight is 556 g/mol. The number of thiophene rings is 1. The highest BCUT2D eigenvalue weighted by Crippen LogP contribution is 2.40. The van der Waals surface area contributed by atoms with Crippen molar-refractivity contribution in [3.8, 4) is 17.7 Å². The molecule has 0 aromatic carbocycles. The molecule has 2 aliphatic carbocycles. The molecule has 0 unspecified atom stereocenters. The van der Waals surface area contributed by atoms with Crippen LogP contribution in [0.3, 0.4) is 0 Å². The standard InChI is InChI=1S/C30H41N3O5S/c1-19-6-8-20(9-7-19)28(35)33(24-18-23(16-17-30(2,3)4)39-27(24)29(36)37)21-10-12-22(13-11-21)38-25-14-15-26(34)32(5)31-25/h14-15,18-22,28,35H,6-13H2,1-5H3,(H,36,37)/t19?,20?,21?,22?,28-/m1/s1. The molecule has 0 aliphatic heterocycles. The van der Waals surface area contributed by atoms with E-state index in [1.165, 1.54) is 22.1 Å². The second-order valence-electron chi connectivity index (χ2n) is 12.2. The topological polar surface area (TPSA) is 105 Å². The molecule has 2 N–H and O–H groups in total. The molecule has 0 saturated heterocycles. The number of carboxylic acids is 1. The van der Waals surface area contributed by atoms with Gasteiger partial charge < -0.3 is 19.8 Å². The summed E-state index contributed by atoms with van der Waals surface area (Å²) in [6.45, 7) is 8.33. The maximum absolute atomic E-state index is 12.4. The van der Waals surface area contributed by atoms with Crippen molar-refractivity contribution >= 4 is 23.0 Å². The lowest BCUT2D eigenvalue weighted by molar-refractivity contribution is 0.0540. The van der Waals surface area contributed by atoms with Gasteiger partial charge >= 0.3 is 5.97 Å². The molecule has 0 bridgehead atoms. The number of carboxylic acid groups (broad SMARTS) is 1. The van der Waals surface area contributed by atoms with E-state index in [2.05, 4.69) is 23.9 Å². The quantitative estimate of drug-likeness (QED) is 0.354. The van der Waals surface area contributed by atoms with Crippen LogP contribution in [0, 0.1) is 29.1 Å². The molecule has 212 valence electrons. The Morgan fingerprint density at radius 1 is 1.15 bits per heavy atom. The van der Waals surface area contributed by atoms with Crippen LogP contribution in [-0.2, 0) is 7.05 Å². The van der Waals surface area contributed by atoms with Crippen molar-refractivity contribution in [3.63, 3.8) is 0 Å². The van der Waals surface area contributed by atoms with Crippen molar-refractivity contribution in [2.24, 2.45) is 24.3 Å². The Morgan fingerprint density at radius 2 is 1.82 bits per heavy atom. The van der Waals surface area contributed by atoms with Crippen LogP contribution in [-0.4, -0.2) is 44.3 Å².